The highest BCUT2D eigenvalue weighted by Crippen LogP contribution is 2.21. The lowest BCUT2D eigenvalue weighted by molar-refractivity contribution is 0.0950. The van der Waals surface area contributed by atoms with Crippen LogP contribution in [0.15, 0.2) is 0 Å². The minimum atomic E-state index is -3.30. The molecule has 0 spiro atoms. The van der Waals surface area contributed by atoms with Gasteiger partial charge in [-0.3, -0.25) is 9.89 Å². The molecule has 0 aromatic carbocycles. The van der Waals surface area contributed by atoms with Gasteiger partial charge in [0, 0.05) is 31.9 Å². The Morgan fingerprint density at radius 1 is 1.29 bits per heavy atom. The van der Waals surface area contributed by atoms with E-state index in [2.05, 4.69) is 15.5 Å². The van der Waals surface area contributed by atoms with Crippen molar-refractivity contribution in [2.24, 2.45) is 0 Å². The highest BCUT2D eigenvalue weighted by Gasteiger charge is 2.21. The molecule has 0 bridgehead atoms. The first-order chi connectivity index (χ1) is 9.92. The van der Waals surface area contributed by atoms with Gasteiger partial charge in [-0.15, -0.1) is 0 Å². The molecule has 0 saturated heterocycles. The van der Waals surface area contributed by atoms with Crippen LogP contribution in [0.5, 0.6) is 0 Å². The van der Waals surface area contributed by atoms with Gasteiger partial charge in [-0.25, -0.2) is 12.7 Å². The summed E-state index contributed by atoms with van der Waals surface area (Å²) in [5.41, 5.74) is 2.44. The number of sulfonamides is 1. The van der Waals surface area contributed by atoms with Crippen LogP contribution in [0.1, 0.15) is 41.0 Å². The maximum absolute atomic E-state index is 12.1. The summed E-state index contributed by atoms with van der Waals surface area (Å²) in [6, 6.07) is 0. The summed E-state index contributed by atoms with van der Waals surface area (Å²) in [7, 11) is -0.342. The summed E-state index contributed by atoms with van der Waals surface area (Å²) in [4.78, 5) is 12.1. The van der Waals surface area contributed by atoms with Gasteiger partial charge < -0.3 is 5.32 Å². The lowest BCUT2D eigenvalue weighted by Gasteiger charge is -2.11. The molecular weight excluding hydrogens is 292 g/mol. The predicted octanol–water partition coefficient (Wildman–Crippen LogP) is 0.300. The van der Waals surface area contributed by atoms with E-state index >= 15 is 0 Å². The molecule has 0 radical (unpaired) electrons. The Labute approximate surface area is 125 Å². The van der Waals surface area contributed by atoms with Crippen molar-refractivity contribution < 1.29 is 13.2 Å². The highest BCUT2D eigenvalue weighted by molar-refractivity contribution is 7.89. The van der Waals surface area contributed by atoms with Gasteiger partial charge in [0.2, 0.25) is 10.0 Å². The highest BCUT2D eigenvalue weighted by atomic mass is 32.2. The molecule has 0 saturated carbocycles. The van der Waals surface area contributed by atoms with E-state index < -0.39 is 10.0 Å². The fraction of sp³-hybridized carbons (Fsp3) is 0.692. The average Bonchev–Trinajstić information content (AvgIpc) is 2.67. The molecule has 1 aromatic rings. The molecule has 2 rings (SSSR count). The maximum Gasteiger partial charge on any atom is 0.272 e. The summed E-state index contributed by atoms with van der Waals surface area (Å²) in [5.74, 6) is -0.415. The number of nitrogens with one attached hydrogen (secondary N) is 2. The number of rotatable bonds is 5. The number of fused-ring (bicyclic) bond motifs is 1. The maximum atomic E-state index is 12.1. The Kier molecular flexibility index (Phi) is 5.00. The van der Waals surface area contributed by atoms with Crippen LogP contribution in [0.25, 0.3) is 0 Å². The second-order valence-electron chi connectivity index (χ2n) is 5.44. The van der Waals surface area contributed by atoms with Gasteiger partial charge in [0.05, 0.1) is 5.75 Å². The molecule has 1 aromatic heterocycles. The summed E-state index contributed by atoms with van der Waals surface area (Å²) in [5, 5.41) is 9.67. The molecule has 1 amide bonds. The molecule has 0 atom stereocenters. The lowest BCUT2D eigenvalue weighted by atomic mass is 10.1. The summed E-state index contributed by atoms with van der Waals surface area (Å²) >= 11 is 0. The van der Waals surface area contributed by atoms with Crippen molar-refractivity contribution in [1.82, 2.24) is 19.8 Å². The quantitative estimate of drug-likeness (QED) is 0.764. The van der Waals surface area contributed by atoms with Crippen molar-refractivity contribution in [3.05, 3.63) is 17.0 Å². The smallest absolute Gasteiger partial charge is 0.272 e. The summed E-state index contributed by atoms with van der Waals surface area (Å²) < 4.78 is 24.4. The van der Waals surface area contributed by atoms with Gasteiger partial charge in [-0.1, -0.05) is 6.42 Å². The third-order valence-electron chi connectivity index (χ3n) is 3.72. The molecule has 0 unspecified atom stereocenters. The monoisotopic (exact) mass is 314 g/mol. The van der Waals surface area contributed by atoms with E-state index in [1.165, 1.54) is 14.1 Å². The minimum absolute atomic E-state index is 0.0843. The number of carbonyl (C=O) groups is 1. The Morgan fingerprint density at radius 2 is 2.00 bits per heavy atom. The molecule has 118 valence electrons. The molecular formula is C13H22N4O3S. The second-order valence-corrected chi connectivity index (χ2v) is 7.75. The van der Waals surface area contributed by atoms with Crippen molar-refractivity contribution in [1.29, 1.82) is 0 Å². The van der Waals surface area contributed by atoms with Gasteiger partial charge in [0.1, 0.15) is 0 Å². The number of H-pyrrole nitrogens is 1. The number of nitrogens with zero attached hydrogens (tertiary/aromatic N) is 2. The molecule has 7 nitrogen and oxygen atoms in total. The standard InChI is InChI=1S/C13H22N4O3S/c1-17(2)21(19,20)9-8-14-13(18)12-10-6-4-3-5-7-11(10)15-16-12/h3-9H2,1-2H3,(H,14,18)(H,15,16). The van der Waals surface area contributed by atoms with E-state index in [9.17, 15) is 13.2 Å². The molecule has 0 fully saturated rings. The van der Waals surface area contributed by atoms with Crippen molar-refractivity contribution in [3.63, 3.8) is 0 Å². The number of carbonyl (C=O) groups excluding carboxylic acids is 1. The molecule has 8 heteroatoms. The van der Waals surface area contributed by atoms with Crippen molar-refractivity contribution in [2.45, 2.75) is 32.1 Å². The number of hydrogen-bond donors (Lipinski definition) is 2. The lowest BCUT2D eigenvalue weighted by Crippen LogP contribution is -2.34. The second kappa shape index (κ2) is 6.57. The van der Waals surface area contributed by atoms with Gasteiger partial charge >= 0.3 is 0 Å². The SMILES string of the molecule is CN(C)S(=O)(=O)CCNC(=O)c1n[nH]c2c1CCCCC2. The van der Waals surface area contributed by atoms with Crippen molar-refractivity contribution in [2.75, 3.05) is 26.4 Å². The van der Waals surface area contributed by atoms with E-state index in [1.54, 1.807) is 0 Å². The zero-order chi connectivity index (χ0) is 15.5. The molecule has 1 aliphatic rings. The predicted molar refractivity (Wildman–Crippen MR) is 79.7 cm³/mol. The van der Waals surface area contributed by atoms with Crippen molar-refractivity contribution >= 4 is 15.9 Å². The van der Waals surface area contributed by atoms with Crippen LogP contribution < -0.4 is 5.32 Å². The van der Waals surface area contributed by atoms with Crippen LogP contribution in [0.4, 0.5) is 0 Å². The first kappa shape index (κ1) is 16.0. The van der Waals surface area contributed by atoms with Gasteiger partial charge in [0.25, 0.3) is 5.91 Å². The van der Waals surface area contributed by atoms with Gasteiger partial charge in [-0.2, -0.15) is 5.10 Å². The van der Waals surface area contributed by atoms with E-state index in [4.69, 9.17) is 0 Å². The largest absolute Gasteiger partial charge is 0.350 e. The molecule has 21 heavy (non-hydrogen) atoms. The van der Waals surface area contributed by atoms with Gasteiger partial charge in [-0.05, 0) is 25.7 Å². The van der Waals surface area contributed by atoms with Crippen LogP contribution in [0.3, 0.4) is 0 Å². The van der Waals surface area contributed by atoms with E-state index in [1.807, 2.05) is 0 Å². The topological polar surface area (TPSA) is 95.2 Å². The number of hydrogen-bond acceptors (Lipinski definition) is 4. The molecule has 2 N–H and O–H groups in total. The number of aryl methyl sites for hydroxylation is 1. The van der Waals surface area contributed by atoms with Gasteiger partial charge in [0.15, 0.2) is 5.69 Å². The van der Waals surface area contributed by atoms with Crippen molar-refractivity contribution in [3.8, 4) is 0 Å². The molecule has 1 aliphatic carbocycles. The van der Waals surface area contributed by atoms with E-state index in [-0.39, 0.29) is 18.2 Å². The Hall–Kier alpha value is -1.41. The number of amides is 1. The first-order valence-corrected chi connectivity index (χ1v) is 8.77. The fourth-order valence-corrected chi connectivity index (χ4v) is 3.13. The molecule has 1 heterocycles. The zero-order valence-corrected chi connectivity index (χ0v) is 13.3. The minimum Gasteiger partial charge on any atom is -0.350 e. The normalized spacial score (nSPS) is 15.6. The average molecular weight is 314 g/mol. The third-order valence-corrected chi connectivity index (χ3v) is 5.56. The van der Waals surface area contributed by atoms with Crippen LogP contribution in [0.2, 0.25) is 0 Å². The van der Waals surface area contributed by atoms with Crippen LogP contribution >= 0.6 is 0 Å². The molecule has 0 aliphatic heterocycles. The van der Waals surface area contributed by atoms with E-state index in [0.717, 1.165) is 47.7 Å². The van der Waals surface area contributed by atoms with Crippen LogP contribution in [0, 0.1) is 0 Å². The summed E-state index contributed by atoms with van der Waals surface area (Å²) in [6.07, 6.45) is 5.10. The summed E-state index contributed by atoms with van der Waals surface area (Å²) in [6.45, 7) is 0.0843. The number of aromatic nitrogens is 2. The third kappa shape index (κ3) is 3.82. The Bertz CT molecular complexity index is 607. The Morgan fingerprint density at radius 3 is 2.71 bits per heavy atom. The fourth-order valence-electron chi connectivity index (χ4n) is 2.41. The number of aromatic amines is 1. The zero-order valence-electron chi connectivity index (χ0n) is 12.5. The van der Waals surface area contributed by atoms with Crippen LogP contribution in [-0.2, 0) is 22.9 Å². The van der Waals surface area contributed by atoms with E-state index in [0.29, 0.717) is 5.69 Å². The Balaban J connectivity index is 1.97. The van der Waals surface area contributed by atoms with Crippen LogP contribution in [-0.4, -0.2) is 55.2 Å². The first-order valence-electron chi connectivity index (χ1n) is 7.16.